The lowest BCUT2D eigenvalue weighted by atomic mass is 9.96. The maximum absolute atomic E-state index is 11.9. The molecule has 0 spiro atoms. The van der Waals surface area contributed by atoms with Crippen LogP contribution in [-0.4, -0.2) is 34.1 Å². The standard InChI is InChI=1S/C14H20ClN3O2/c1-14(2,3)13(19)20-18-6-4-5-10(9-18)11-7-16-8-12(15)17-11/h7-8,10H,4-6,9H2,1-3H3. The second-order valence-electron chi connectivity index (χ2n) is 6.12. The zero-order valence-corrected chi connectivity index (χ0v) is 12.9. The van der Waals surface area contributed by atoms with Crippen LogP contribution in [0, 0.1) is 5.41 Å². The van der Waals surface area contributed by atoms with E-state index in [9.17, 15) is 4.79 Å². The van der Waals surface area contributed by atoms with E-state index in [1.54, 1.807) is 11.3 Å². The number of hydrogen-bond donors (Lipinski definition) is 0. The van der Waals surface area contributed by atoms with Crippen molar-refractivity contribution >= 4 is 17.6 Å². The van der Waals surface area contributed by atoms with Gasteiger partial charge in [0.2, 0.25) is 0 Å². The molecule has 1 unspecified atom stereocenters. The number of nitrogens with zero attached hydrogens (tertiary/aromatic N) is 3. The Labute approximate surface area is 124 Å². The Morgan fingerprint density at radius 3 is 2.85 bits per heavy atom. The highest BCUT2D eigenvalue weighted by Gasteiger charge is 2.29. The fourth-order valence-corrected chi connectivity index (χ4v) is 2.23. The number of hydroxylamine groups is 2. The first-order valence-electron chi connectivity index (χ1n) is 6.81. The molecule has 0 bridgehead atoms. The van der Waals surface area contributed by atoms with E-state index >= 15 is 0 Å². The van der Waals surface area contributed by atoms with E-state index in [0.29, 0.717) is 11.7 Å². The van der Waals surface area contributed by atoms with E-state index in [-0.39, 0.29) is 11.9 Å². The molecule has 1 aromatic rings. The largest absolute Gasteiger partial charge is 0.367 e. The fraction of sp³-hybridized carbons (Fsp3) is 0.643. The lowest BCUT2D eigenvalue weighted by molar-refractivity contribution is -0.205. The predicted octanol–water partition coefficient (Wildman–Crippen LogP) is 2.81. The molecule has 1 aliphatic rings. The van der Waals surface area contributed by atoms with Crippen molar-refractivity contribution < 1.29 is 9.63 Å². The van der Waals surface area contributed by atoms with Gasteiger partial charge in [-0.3, -0.25) is 4.98 Å². The summed E-state index contributed by atoms with van der Waals surface area (Å²) in [5, 5.41) is 2.12. The van der Waals surface area contributed by atoms with Crippen LogP contribution in [-0.2, 0) is 9.63 Å². The fourth-order valence-electron chi connectivity index (χ4n) is 2.07. The third-order valence-corrected chi connectivity index (χ3v) is 3.43. The molecule has 5 nitrogen and oxygen atoms in total. The smallest absolute Gasteiger partial charge is 0.330 e. The highest BCUT2D eigenvalue weighted by Crippen LogP contribution is 2.27. The van der Waals surface area contributed by atoms with Gasteiger partial charge in [-0.2, -0.15) is 0 Å². The van der Waals surface area contributed by atoms with Gasteiger partial charge >= 0.3 is 5.97 Å². The molecule has 110 valence electrons. The molecule has 2 rings (SSSR count). The van der Waals surface area contributed by atoms with Crippen molar-refractivity contribution in [1.82, 2.24) is 15.0 Å². The van der Waals surface area contributed by atoms with E-state index in [4.69, 9.17) is 16.4 Å². The molecule has 0 aliphatic carbocycles. The van der Waals surface area contributed by atoms with Gasteiger partial charge in [-0.05, 0) is 33.6 Å². The molecule has 1 aromatic heterocycles. The first-order chi connectivity index (χ1) is 9.36. The van der Waals surface area contributed by atoms with Gasteiger partial charge in [0.25, 0.3) is 0 Å². The molecule has 0 aromatic carbocycles. The summed E-state index contributed by atoms with van der Waals surface area (Å²) in [5.41, 5.74) is 0.358. The Morgan fingerprint density at radius 2 is 2.20 bits per heavy atom. The molecule has 1 aliphatic heterocycles. The Hall–Kier alpha value is -1.20. The minimum Gasteiger partial charge on any atom is -0.367 e. The number of hydrogen-bond acceptors (Lipinski definition) is 5. The van der Waals surface area contributed by atoms with Crippen LogP contribution < -0.4 is 0 Å². The summed E-state index contributed by atoms with van der Waals surface area (Å²) in [6.07, 6.45) is 5.20. The number of carbonyl (C=O) groups excluding carboxylic acids is 1. The van der Waals surface area contributed by atoms with Gasteiger partial charge in [0.1, 0.15) is 5.15 Å². The van der Waals surface area contributed by atoms with Gasteiger partial charge in [-0.1, -0.05) is 11.6 Å². The van der Waals surface area contributed by atoms with E-state index < -0.39 is 5.41 Å². The van der Waals surface area contributed by atoms with Crippen LogP contribution in [0.2, 0.25) is 5.15 Å². The molecule has 0 saturated carbocycles. The summed E-state index contributed by atoms with van der Waals surface area (Å²) in [4.78, 5) is 25.7. The lowest BCUT2D eigenvalue weighted by Gasteiger charge is -2.32. The van der Waals surface area contributed by atoms with E-state index in [0.717, 1.165) is 25.1 Å². The maximum Gasteiger partial charge on any atom is 0.330 e. The minimum atomic E-state index is -0.497. The summed E-state index contributed by atoms with van der Waals surface area (Å²) in [6, 6.07) is 0. The van der Waals surface area contributed by atoms with Crippen molar-refractivity contribution in [2.24, 2.45) is 5.41 Å². The van der Waals surface area contributed by atoms with Crippen molar-refractivity contribution in [2.75, 3.05) is 13.1 Å². The lowest BCUT2D eigenvalue weighted by Crippen LogP contribution is -2.39. The second kappa shape index (κ2) is 6.06. The second-order valence-corrected chi connectivity index (χ2v) is 6.51. The third kappa shape index (κ3) is 3.90. The van der Waals surface area contributed by atoms with Gasteiger partial charge in [0.15, 0.2) is 0 Å². The Kier molecular flexibility index (Phi) is 4.60. The van der Waals surface area contributed by atoms with Crippen molar-refractivity contribution in [3.05, 3.63) is 23.2 Å². The van der Waals surface area contributed by atoms with Gasteiger partial charge < -0.3 is 4.84 Å². The van der Waals surface area contributed by atoms with Gasteiger partial charge in [-0.15, -0.1) is 5.06 Å². The summed E-state index contributed by atoms with van der Waals surface area (Å²) in [5.74, 6) is -0.0157. The van der Waals surface area contributed by atoms with Crippen LogP contribution in [0.4, 0.5) is 0 Å². The Balaban J connectivity index is 2.00. The molecule has 0 amide bonds. The molecular weight excluding hydrogens is 278 g/mol. The molecule has 2 heterocycles. The molecular formula is C14H20ClN3O2. The molecule has 0 radical (unpaired) electrons. The molecule has 20 heavy (non-hydrogen) atoms. The number of halogens is 1. The van der Waals surface area contributed by atoms with Gasteiger partial charge in [0.05, 0.1) is 17.3 Å². The quantitative estimate of drug-likeness (QED) is 0.840. The average Bonchev–Trinajstić information content (AvgIpc) is 2.38. The summed E-state index contributed by atoms with van der Waals surface area (Å²) < 4.78 is 0. The summed E-state index contributed by atoms with van der Waals surface area (Å²) in [6.45, 7) is 6.93. The van der Waals surface area contributed by atoms with Gasteiger partial charge in [-0.25, -0.2) is 9.78 Å². The zero-order chi connectivity index (χ0) is 14.8. The van der Waals surface area contributed by atoms with Crippen molar-refractivity contribution in [3.8, 4) is 0 Å². The first-order valence-corrected chi connectivity index (χ1v) is 7.19. The highest BCUT2D eigenvalue weighted by atomic mass is 35.5. The van der Waals surface area contributed by atoms with Crippen molar-refractivity contribution in [3.63, 3.8) is 0 Å². The maximum atomic E-state index is 11.9. The number of piperidine rings is 1. The van der Waals surface area contributed by atoms with Crippen LogP contribution >= 0.6 is 11.6 Å². The normalized spacial score (nSPS) is 20.7. The number of aromatic nitrogens is 2. The van der Waals surface area contributed by atoms with Crippen LogP contribution in [0.3, 0.4) is 0 Å². The molecule has 6 heteroatoms. The number of rotatable bonds is 2. The predicted molar refractivity (Wildman–Crippen MR) is 76.1 cm³/mol. The van der Waals surface area contributed by atoms with Crippen molar-refractivity contribution in [2.45, 2.75) is 39.5 Å². The van der Waals surface area contributed by atoms with Crippen LogP contribution in [0.5, 0.6) is 0 Å². The average molecular weight is 298 g/mol. The molecule has 1 saturated heterocycles. The Morgan fingerprint density at radius 1 is 1.45 bits per heavy atom. The SMILES string of the molecule is CC(C)(C)C(=O)ON1CCCC(c2cncc(Cl)n2)C1. The summed E-state index contributed by atoms with van der Waals surface area (Å²) in [7, 11) is 0. The minimum absolute atomic E-state index is 0.197. The topological polar surface area (TPSA) is 55.3 Å². The number of carbonyl (C=O) groups is 1. The molecule has 1 fully saturated rings. The monoisotopic (exact) mass is 297 g/mol. The summed E-state index contributed by atoms with van der Waals surface area (Å²) >= 11 is 5.87. The van der Waals surface area contributed by atoms with Crippen LogP contribution in [0.1, 0.15) is 45.2 Å². The van der Waals surface area contributed by atoms with Crippen molar-refractivity contribution in [1.29, 1.82) is 0 Å². The van der Waals surface area contributed by atoms with E-state index in [2.05, 4.69) is 9.97 Å². The molecule has 1 atom stereocenters. The zero-order valence-electron chi connectivity index (χ0n) is 12.1. The third-order valence-electron chi connectivity index (χ3n) is 3.25. The van der Waals surface area contributed by atoms with E-state index in [1.165, 1.54) is 6.20 Å². The van der Waals surface area contributed by atoms with Gasteiger partial charge in [0, 0.05) is 25.2 Å². The van der Waals surface area contributed by atoms with Crippen LogP contribution in [0.25, 0.3) is 0 Å². The van der Waals surface area contributed by atoms with E-state index in [1.807, 2.05) is 20.8 Å². The van der Waals surface area contributed by atoms with Crippen LogP contribution in [0.15, 0.2) is 12.4 Å². The first kappa shape index (κ1) is 15.2. The molecule has 0 N–H and O–H groups in total. The highest BCUT2D eigenvalue weighted by molar-refractivity contribution is 6.29. The Bertz CT molecular complexity index is 488.